The summed E-state index contributed by atoms with van der Waals surface area (Å²) in [5.41, 5.74) is 2.36. The van der Waals surface area contributed by atoms with Crippen LogP contribution in [0.4, 0.5) is 0 Å². The van der Waals surface area contributed by atoms with Crippen molar-refractivity contribution in [2.45, 2.75) is 40.7 Å². The van der Waals surface area contributed by atoms with Gasteiger partial charge >= 0.3 is 0 Å². The van der Waals surface area contributed by atoms with Crippen LogP contribution >= 0.6 is 0 Å². The number of nitrogens with zero attached hydrogens (tertiary/aromatic N) is 1. The number of hydrogen-bond donors (Lipinski definition) is 0. The summed E-state index contributed by atoms with van der Waals surface area (Å²) in [5.74, 6) is 0.332. The van der Waals surface area contributed by atoms with Crippen LogP contribution in [0.1, 0.15) is 38.3 Å². The number of rotatable bonds is 5. The van der Waals surface area contributed by atoms with Crippen molar-refractivity contribution in [3.05, 3.63) is 35.4 Å². The van der Waals surface area contributed by atoms with Crippen molar-refractivity contribution >= 4 is 5.78 Å². The first kappa shape index (κ1) is 14.9. The monoisotopic (exact) mass is 247 g/mol. The molecule has 1 rings (SSSR count). The van der Waals surface area contributed by atoms with Gasteiger partial charge in [-0.15, -0.1) is 0 Å². The predicted octanol–water partition coefficient (Wildman–Crippen LogP) is 3.43. The largest absolute Gasteiger partial charge is 0.302 e. The number of carbonyl (C=O) groups excluding carboxylic acids is 1. The van der Waals surface area contributed by atoms with Gasteiger partial charge < -0.3 is 4.90 Å². The highest BCUT2D eigenvalue weighted by atomic mass is 16.1. The highest BCUT2D eigenvalue weighted by Gasteiger charge is 2.20. The van der Waals surface area contributed by atoms with E-state index in [9.17, 15) is 4.79 Å². The minimum absolute atomic E-state index is 0.218. The fourth-order valence-electron chi connectivity index (χ4n) is 1.75. The van der Waals surface area contributed by atoms with E-state index in [1.54, 1.807) is 0 Å². The maximum absolute atomic E-state index is 11.8. The van der Waals surface area contributed by atoms with E-state index < -0.39 is 0 Å². The van der Waals surface area contributed by atoms with Crippen molar-refractivity contribution in [3.63, 3.8) is 0 Å². The van der Waals surface area contributed by atoms with Gasteiger partial charge in [-0.2, -0.15) is 0 Å². The molecule has 0 aliphatic carbocycles. The second kappa shape index (κ2) is 6.14. The summed E-state index contributed by atoms with van der Waals surface area (Å²) in [6, 6.07) is 8.56. The van der Waals surface area contributed by atoms with Crippen molar-refractivity contribution in [3.8, 4) is 0 Å². The number of Topliss-reactive ketones (excluding diaryl/α,β-unsaturated/α-hetero) is 1. The summed E-state index contributed by atoms with van der Waals surface area (Å²) in [6.45, 7) is 9.76. The first-order valence-electron chi connectivity index (χ1n) is 6.56. The van der Waals surface area contributed by atoms with E-state index in [4.69, 9.17) is 0 Å². The maximum atomic E-state index is 11.8. The van der Waals surface area contributed by atoms with Gasteiger partial charge in [-0.1, -0.05) is 50.6 Å². The van der Waals surface area contributed by atoms with Crippen LogP contribution in [0.3, 0.4) is 0 Å². The minimum atomic E-state index is -0.218. The van der Waals surface area contributed by atoms with Crippen molar-refractivity contribution in [2.75, 3.05) is 13.6 Å². The molecule has 0 spiro atoms. The molecule has 0 fully saturated rings. The van der Waals surface area contributed by atoms with Gasteiger partial charge in [-0.3, -0.25) is 4.79 Å². The summed E-state index contributed by atoms with van der Waals surface area (Å²) in [4.78, 5) is 14.0. The lowest BCUT2D eigenvalue weighted by molar-refractivity contribution is -0.126. The second-order valence-corrected chi connectivity index (χ2v) is 6.15. The molecule has 2 nitrogen and oxygen atoms in total. The van der Waals surface area contributed by atoms with Crippen LogP contribution in [0.15, 0.2) is 24.3 Å². The Balaban J connectivity index is 2.40. The van der Waals surface area contributed by atoms with E-state index in [0.717, 1.165) is 13.1 Å². The molecule has 0 aliphatic rings. The number of carbonyl (C=O) groups is 1. The Morgan fingerprint density at radius 2 is 1.72 bits per heavy atom. The molecule has 100 valence electrons. The summed E-state index contributed by atoms with van der Waals surface area (Å²) >= 11 is 0. The molecule has 0 saturated heterocycles. The highest BCUT2D eigenvalue weighted by Crippen LogP contribution is 2.17. The first-order chi connectivity index (χ1) is 8.29. The molecule has 0 heterocycles. The molecule has 2 heteroatoms. The van der Waals surface area contributed by atoms with Gasteiger partial charge in [-0.05, 0) is 19.5 Å². The molecule has 18 heavy (non-hydrogen) atoms. The van der Waals surface area contributed by atoms with Crippen LogP contribution in [-0.4, -0.2) is 24.3 Å². The van der Waals surface area contributed by atoms with Crippen molar-refractivity contribution in [1.29, 1.82) is 0 Å². The SMILES string of the molecule is Cc1ccc(CN(C)CCC(=O)C(C)(C)C)cc1. The van der Waals surface area contributed by atoms with Gasteiger partial charge in [-0.25, -0.2) is 0 Å². The lowest BCUT2D eigenvalue weighted by atomic mass is 9.89. The Labute approximate surface area is 111 Å². The molecule has 0 aromatic heterocycles. The third-order valence-electron chi connectivity index (χ3n) is 3.13. The smallest absolute Gasteiger partial charge is 0.139 e. The number of ketones is 1. The predicted molar refractivity (Wildman–Crippen MR) is 76.6 cm³/mol. The molecular formula is C16H25NO. The number of benzene rings is 1. The van der Waals surface area contributed by atoms with Gasteiger partial charge in [0.2, 0.25) is 0 Å². The number of aryl methyl sites for hydroxylation is 1. The van der Waals surface area contributed by atoms with E-state index in [2.05, 4.69) is 43.1 Å². The zero-order chi connectivity index (χ0) is 13.8. The summed E-state index contributed by atoms with van der Waals surface area (Å²) < 4.78 is 0. The summed E-state index contributed by atoms with van der Waals surface area (Å²) in [6.07, 6.45) is 0.631. The van der Waals surface area contributed by atoms with Crippen molar-refractivity contribution in [1.82, 2.24) is 4.90 Å². The van der Waals surface area contributed by atoms with Crippen molar-refractivity contribution < 1.29 is 4.79 Å². The van der Waals surface area contributed by atoms with E-state index in [1.165, 1.54) is 11.1 Å². The van der Waals surface area contributed by atoms with Gasteiger partial charge in [0.25, 0.3) is 0 Å². The zero-order valence-electron chi connectivity index (χ0n) is 12.3. The Kier molecular flexibility index (Phi) is 5.09. The van der Waals surface area contributed by atoms with Gasteiger partial charge in [0.15, 0.2) is 0 Å². The normalized spacial score (nSPS) is 11.9. The topological polar surface area (TPSA) is 20.3 Å². The van der Waals surface area contributed by atoms with Gasteiger partial charge in [0.05, 0.1) is 0 Å². The quantitative estimate of drug-likeness (QED) is 0.794. The van der Waals surface area contributed by atoms with E-state index in [0.29, 0.717) is 12.2 Å². The molecular weight excluding hydrogens is 222 g/mol. The van der Waals surface area contributed by atoms with Crippen LogP contribution in [0.2, 0.25) is 0 Å². The third-order valence-corrected chi connectivity index (χ3v) is 3.13. The molecule has 0 N–H and O–H groups in total. The summed E-state index contributed by atoms with van der Waals surface area (Å²) in [7, 11) is 2.07. The molecule has 0 amide bonds. The molecule has 0 aliphatic heterocycles. The number of hydrogen-bond acceptors (Lipinski definition) is 2. The fraction of sp³-hybridized carbons (Fsp3) is 0.562. The van der Waals surface area contributed by atoms with Gasteiger partial charge in [0.1, 0.15) is 5.78 Å². The molecule has 0 atom stereocenters. The highest BCUT2D eigenvalue weighted by molar-refractivity contribution is 5.83. The summed E-state index contributed by atoms with van der Waals surface area (Å²) in [5, 5.41) is 0. The Hall–Kier alpha value is -1.15. The van der Waals surface area contributed by atoms with Crippen LogP contribution in [0.25, 0.3) is 0 Å². The fourth-order valence-corrected chi connectivity index (χ4v) is 1.75. The molecule has 0 saturated carbocycles. The molecule has 0 radical (unpaired) electrons. The lowest BCUT2D eigenvalue weighted by Gasteiger charge is -2.20. The third kappa shape index (κ3) is 5.01. The maximum Gasteiger partial charge on any atom is 0.139 e. The minimum Gasteiger partial charge on any atom is -0.302 e. The lowest BCUT2D eigenvalue weighted by Crippen LogP contribution is -2.27. The van der Waals surface area contributed by atoms with Crippen LogP contribution < -0.4 is 0 Å². The van der Waals surface area contributed by atoms with E-state index in [1.807, 2.05) is 20.8 Å². The first-order valence-corrected chi connectivity index (χ1v) is 6.56. The zero-order valence-corrected chi connectivity index (χ0v) is 12.3. The Morgan fingerprint density at radius 1 is 1.17 bits per heavy atom. The second-order valence-electron chi connectivity index (χ2n) is 6.15. The van der Waals surface area contributed by atoms with Crippen LogP contribution in [-0.2, 0) is 11.3 Å². The molecule has 0 unspecified atom stereocenters. The van der Waals surface area contributed by atoms with Gasteiger partial charge in [0, 0.05) is 24.9 Å². The van der Waals surface area contributed by atoms with E-state index >= 15 is 0 Å². The van der Waals surface area contributed by atoms with Crippen molar-refractivity contribution in [2.24, 2.45) is 5.41 Å². The Morgan fingerprint density at radius 3 is 2.22 bits per heavy atom. The van der Waals surface area contributed by atoms with Crippen LogP contribution in [0, 0.1) is 12.3 Å². The average molecular weight is 247 g/mol. The van der Waals surface area contributed by atoms with Crippen LogP contribution in [0.5, 0.6) is 0 Å². The molecule has 1 aromatic rings. The standard InChI is InChI=1S/C16H25NO/c1-13-6-8-14(9-7-13)12-17(5)11-10-15(18)16(2,3)4/h6-9H,10-12H2,1-5H3. The molecule has 1 aromatic carbocycles. The Bertz CT molecular complexity index is 387. The average Bonchev–Trinajstić information content (AvgIpc) is 2.28. The van der Waals surface area contributed by atoms with E-state index in [-0.39, 0.29) is 5.41 Å². The molecule has 0 bridgehead atoms.